The van der Waals surface area contributed by atoms with E-state index in [1.165, 1.54) is 19.6 Å². The van der Waals surface area contributed by atoms with E-state index in [1.54, 1.807) is 24.3 Å². The molecule has 0 saturated carbocycles. The third kappa shape index (κ3) is 9.65. The van der Waals surface area contributed by atoms with E-state index >= 15 is 0 Å². The average Bonchev–Trinajstić information content (AvgIpc) is 0.685. The number of rotatable bonds is 20. The molecule has 4 aliphatic heterocycles. The number of nitrogens with zero attached hydrogens (tertiary/aromatic N) is 4. The molecule has 14 rings (SSSR count). The fourth-order valence-corrected chi connectivity index (χ4v) is 18.5. The number of carbonyl (C=O) groups excluding carboxylic acids is 8. The summed E-state index contributed by atoms with van der Waals surface area (Å²) < 4.78 is 1.47. The minimum absolute atomic E-state index is 0.163. The Balaban J connectivity index is 0.000000171. The maximum Gasteiger partial charge on any atom is 0.261 e. The van der Waals surface area contributed by atoms with Gasteiger partial charge in [0.1, 0.15) is 0 Å². The number of fused-ring (bicyclic) bond motifs is 4. The van der Waals surface area contributed by atoms with E-state index in [-0.39, 0.29) is 67.9 Å². The molecule has 0 bridgehead atoms. The molecule has 10 aromatic carbocycles. The SMILES string of the molecule is CCCCC(CC)N1C(=O)c2cc(Cl)c3c4c(Cl)cc5c6c(cc(Cl)c(c7c(Cl)cc(c2c37)C1=O)c64)C(=O)N(C(CC)CCCC)C5=O.CCCCC(CC)N1C(=O)c2ccc3c4c(Br)cc5c6c(ccc(c7c(Br)cc(c2c37)C1=O)c64)C(=O)N(C(CC)CCCC)C5=O. The molecule has 0 fully saturated rings. The summed E-state index contributed by atoms with van der Waals surface area (Å²) in [5.41, 5.74) is 3.31. The fraction of sp³-hybridized carbons (Fsp3) is 0.368. The highest BCUT2D eigenvalue weighted by molar-refractivity contribution is 9.11. The van der Waals surface area contributed by atoms with Crippen LogP contribution < -0.4 is 0 Å². The Hall–Kier alpha value is -6.52. The van der Waals surface area contributed by atoms with Gasteiger partial charge in [0.15, 0.2) is 0 Å². The lowest BCUT2D eigenvalue weighted by Crippen LogP contribution is -2.47. The largest absolute Gasteiger partial charge is 0.271 e. The smallest absolute Gasteiger partial charge is 0.261 e. The Bertz CT molecular complexity index is 4570. The van der Waals surface area contributed by atoms with Gasteiger partial charge in [-0.2, -0.15) is 0 Å². The van der Waals surface area contributed by atoms with Gasteiger partial charge >= 0.3 is 0 Å². The van der Waals surface area contributed by atoms with E-state index in [9.17, 15) is 38.4 Å². The predicted molar refractivity (Wildman–Crippen MR) is 387 cm³/mol. The Morgan fingerprint density at radius 3 is 0.745 bits per heavy atom. The van der Waals surface area contributed by atoms with Gasteiger partial charge in [0.2, 0.25) is 0 Å². The van der Waals surface area contributed by atoms with Crippen molar-refractivity contribution in [2.45, 2.75) is 182 Å². The van der Waals surface area contributed by atoms with Crippen LogP contribution in [0.15, 0.2) is 69.6 Å². The summed E-state index contributed by atoms with van der Waals surface area (Å²) >= 11 is 36.1. The van der Waals surface area contributed by atoms with E-state index in [0.29, 0.717) is 137 Å². The summed E-state index contributed by atoms with van der Waals surface area (Å²) in [6.07, 6.45) is 13.1. The van der Waals surface area contributed by atoms with Crippen molar-refractivity contribution in [3.8, 4) is 0 Å². The number of halogens is 6. The Labute approximate surface area is 581 Å². The van der Waals surface area contributed by atoms with Crippen molar-refractivity contribution in [3.63, 3.8) is 0 Å². The van der Waals surface area contributed by atoms with Crippen LogP contribution in [0, 0.1) is 0 Å². The summed E-state index contributed by atoms with van der Waals surface area (Å²) in [4.78, 5) is 119. The second-order valence-electron chi connectivity index (χ2n) is 25.7. The van der Waals surface area contributed by atoms with Crippen molar-refractivity contribution in [3.05, 3.63) is 134 Å². The molecule has 8 amide bonds. The molecule has 0 aliphatic carbocycles. The molecule has 0 aromatic heterocycles. The van der Waals surface area contributed by atoms with Gasteiger partial charge in [-0.05, 0) is 111 Å². The van der Waals surface area contributed by atoms with E-state index < -0.39 is 23.6 Å². The lowest BCUT2D eigenvalue weighted by Gasteiger charge is -2.35. The van der Waals surface area contributed by atoms with Crippen LogP contribution >= 0.6 is 78.3 Å². The second-order valence-corrected chi connectivity index (χ2v) is 29.1. The van der Waals surface area contributed by atoms with Gasteiger partial charge in [-0.1, -0.05) is 197 Å². The van der Waals surface area contributed by atoms with Gasteiger partial charge < -0.3 is 0 Å². The Morgan fingerprint density at radius 1 is 0.287 bits per heavy atom. The van der Waals surface area contributed by atoms with Crippen molar-refractivity contribution in [1.29, 1.82) is 0 Å². The van der Waals surface area contributed by atoms with Gasteiger partial charge in [0, 0.05) is 151 Å². The van der Waals surface area contributed by atoms with Gasteiger partial charge in [-0.15, -0.1) is 0 Å². The molecule has 18 heteroatoms. The summed E-state index contributed by atoms with van der Waals surface area (Å²) in [5.74, 6) is -2.65. The first-order chi connectivity index (χ1) is 45.2. The van der Waals surface area contributed by atoms with Crippen LogP contribution in [0.25, 0.3) is 86.2 Å². The average molecular weight is 1470 g/mol. The first kappa shape index (κ1) is 66.1. The molecule has 94 heavy (non-hydrogen) atoms. The lowest BCUT2D eigenvalue weighted by molar-refractivity contribution is 0.0508. The Morgan fingerprint density at radius 2 is 0.511 bits per heavy atom. The summed E-state index contributed by atoms with van der Waals surface area (Å²) in [7, 11) is 0. The quantitative estimate of drug-likeness (QED) is 0.0416. The third-order valence-corrected chi connectivity index (χ3v) is 23.1. The van der Waals surface area contributed by atoms with Crippen molar-refractivity contribution >= 4 is 212 Å². The van der Waals surface area contributed by atoms with Crippen molar-refractivity contribution < 1.29 is 38.4 Å². The van der Waals surface area contributed by atoms with Crippen LogP contribution in [0.4, 0.5) is 0 Å². The zero-order valence-electron chi connectivity index (χ0n) is 53.7. The minimum atomic E-state index is -0.407. The summed E-state index contributed by atoms with van der Waals surface area (Å²) in [5, 5.41) is 11.2. The highest BCUT2D eigenvalue weighted by Gasteiger charge is 2.45. The first-order valence-electron chi connectivity index (χ1n) is 33.3. The highest BCUT2D eigenvalue weighted by atomic mass is 79.9. The number of benzene rings is 10. The first-order valence-corrected chi connectivity index (χ1v) is 36.4. The summed E-state index contributed by atoms with van der Waals surface area (Å²) in [6, 6.07) is 16.9. The van der Waals surface area contributed by atoms with Crippen LogP contribution in [0.3, 0.4) is 0 Å². The molecule has 0 spiro atoms. The van der Waals surface area contributed by atoms with Crippen molar-refractivity contribution in [2.24, 2.45) is 0 Å². The van der Waals surface area contributed by atoms with Crippen LogP contribution in [-0.4, -0.2) is 91.0 Å². The number of carbonyl (C=O) groups is 8. The molecule has 4 aliphatic rings. The zero-order chi connectivity index (χ0) is 66.9. The molecule has 484 valence electrons. The van der Waals surface area contributed by atoms with Crippen LogP contribution in [0.5, 0.6) is 0 Å². The molecule has 0 radical (unpaired) electrons. The van der Waals surface area contributed by atoms with Crippen LogP contribution in [0.2, 0.25) is 20.1 Å². The molecule has 0 saturated heterocycles. The van der Waals surface area contributed by atoms with E-state index in [0.717, 1.165) is 105 Å². The molecule has 12 nitrogen and oxygen atoms in total. The van der Waals surface area contributed by atoms with Gasteiger partial charge in [0.25, 0.3) is 47.3 Å². The summed E-state index contributed by atoms with van der Waals surface area (Å²) in [6.45, 7) is 16.4. The van der Waals surface area contributed by atoms with Crippen LogP contribution in [0.1, 0.15) is 241 Å². The molecule has 4 atom stereocenters. The van der Waals surface area contributed by atoms with Gasteiger partial charge in [0.05, 0.1) is 22.3 Å². The normalized spacial score (nSPS) is 16.1. The standard InChI is InChI=1S/C38H36Br2N2O4.C38H34Cl4N2O4/c1-5-9-11-19(7-3)41-35(43)23-15-13-21-32-28(40)18-26-30-24(36(44)42(38(26)46)20(8-4)12-10-6-2)16-14-22(34(30)32)31-27(39)17-25(37(41)45)29(23)33(21)31;1-5-9-11-17(7-3)43-35(45)19-13-23(39)29-31-25(41)15-21-28-22(38(48)44(37(21)47)18(8-4)12-10-6-2)16-26(42)32(34(28)31)30-24(40)14-20(36(43)46)27(19)33(29)30/h13-20H,5-12H2,1-4H3;13-18H,5-12H2,1-4H3. The zero-order valence-corrected chi connectivity index (χ0v) is 59.9. The fourth-order valence-electron chi connectivity index (χ4n) is 16.1. The monoisotopic (exact) mass is 1460 g/mol. The minimum Gasteiger partial charge on any atom is -0.271 e. The molecular weight excluding hydrogens is 1400 g/mol. The lowest BCUT2D eigenvalue weighted by atomic mass is 9.81. The Kier molecular flexibility index (Phi) is 17.9. The number of amides is 8. The molecule has 10 aromatic rings. The van der Waals surface area contributed by atoms with Gasteiger partial charge in [-0.3, -0.25) is 58.0 Å². The van der Waals surface area contributed by atoms with Gasteiger partial charge in [-0.25, -0.2) is 0 Å². The van der Waals surface area contributed by atoms with E-state index in [4.69, 9.17) is 46.4 Å². The molecule has 0 N–H and O–H groups in total. The number of hydrogen-bond acceptors (Lipinski definition) is 8. The van der Waals surface area contributed by atoms with Crippen molar-refractivity contribution in [2.75, 3.05) is 0 Å². The number of imide groups is 4. The number of unbranched alkanes of at least 4 members (excludes halogenated alkanes) is 4. The van der Waals surface area contributed by atoms with Crippen molar-refractivity contribution in [1.82, 2.24) is 19.6 Å². The molecule has 4 heterocycles. The maximum atomic E-state index is 14.2. The predicted octanol–water partition coefficient (Wildman–Crippen LogP) is 21.9. The van der Waals surface area contributed by atoms with Crippen LogP contribution in [-0.2, 0) is 0 Å². The number of hydrogen-bond donors (Lipinski definition) is 0. The molecular formula is C76H70Br2Cl4N4O8. The maximum absolute atomic E-state index is 14.2. The third-order valence-electron chi connectivity index (χ3n) is 20.6. The molecule has 4 unspecified atom stereocenters. The van der Waals surface area contributed by atoms with E-state index in [1.807, 2.05) is 64.1 Å². The second kappa shape index (κ2) is 25.5. The topological polar surface area (TPSA) is 150 Å². The highest BCUT2D eigenvalue weighted by Crippen LogP contribution is 2.56. The van der Waals surface area contributed by atoms with E-state index in [2.05, 4.69) is 59.6 Å².